The number of benzene rings is 2. The third-order valence-electron chi connectivity index (χ3n) is 3.46. The van der Waals surface area contributed by atoms with Gasteiger partial charge in [-0.2, -0.15) is 0 Å². The fraction of sp³-hybridized carbons (Fsp3) is 0.118. The lowest BCUT2D eigenvalue weighted by Crippen LogP contribution is -2.11. The van der Waals surface area contributed by atoms with Crippen LogP contribution in [0.2, 0.25) is 10.0 Å². The number of aromatic nitrogens is 1. The van der Waals surface area contributed by atoms with Crippen LogP contribution in [0.4, 0.5) is 0 Å². The van der Waals surface area contributed by atoms with E-state index < -0.39 is 0 Å². The summed E-state index contributed by atoms with van der Waals surface area (Å²) in [6.07, 6.45) is 1.82. The summed E-state index contributed by atoms with van der Waals surface area (Å²) < 4.78 is 7.45. The highest BCUT2D eigenvalue weighted by atomic mass is 35.5. The topological polar surface area (TPSA) is 31.2 Å². The lowest BCUT2D eigenvalue weighted by atomic mass is 10.1. The predicted molar refractivity (Wildman–Crippen MR) is 89.2 cm³/mol. The van der Waals surface area contributed by atoms with Crippen LogP contribution in [0.1, 0.15) is 10.4 Å². The summed E-state index contributed by atoms with van der Waals surface area (Å²) >= 11 is 11.8. The Morgan fingerprint density at radius 2 is 1.91 bits per heavy atom. The molecule has 0 unspecified atom stereocenters. The molecule has 112 valence electrons. The fourth-order valence-electron chi connectivity index (χ4n) is 2.36. The number of hydrogen-bond donors (Lipinski definition) is 0. The molecular weight excluding hydrogens is 321 g/mol. The average Bonchev–Trinajstić information content (AvgIpc) is 2.86. The second-order valence-corrected chi connectivity index (χ2v) is 5.77. The molecule has 0 N–H and O–H groups in total. The molecule has 0 atom stereocenters. The van der Waals surface area contributed by atoms with Crippen molar-refractivity contribution in [1.82, 2.24) is 4.57 Å². The number of aryl methyl sites for hydroxylation is 1. The monoisotopic (exact) mass is 333 g/mol. The maximum atomic E-state index is 12.4. The van der Waals surface area contributed by atoms with E-state index in [1.54, 1.807) is 18.2 Å². The Morgan fingerprint density at radius 1 is 1.14 bits per heavy atom. The molecule has 0 saturated carbocycles. The molecule has 1 heterocycles. The number of ether oxygens (including phenoxy) is 1. The van der Waals surface area contributed by atoms with Gasteiger partial charge in [0.15, 0.2) is 6.61 Å². The fourth-order valence-corrected chi connectivity index (χ4v) is 2.65. The van der Waals surface area contributed by atoms with E-state index in [2.05, 4.69) is 0 Å². The third kappa shape index (κ3) is 2.82. The van der Waals surface area contributed by atoms with Crippen molar-refractivity contribution in [1.29, 1.82) is 0 Å². The molecule has 0 radical (unpaired) electrons. The second kappa shape index (κ2) is 6.03. The van der Waals surface area contributed by atoms with E-state index in [0.29, 0.717) is 21.4 Å². The molecule has 0 aliphatic heterocycles. The van der Waals surface area contributed by atoms with Crippen LogP contribution in [0, 0.1) is 0 Å². The summed E-state index contributed by atoms with van der Waals surface area (Å²) in [7, 11) is 1.92. The molecule has 22 heavy (non-hydrogen) atoms. The van der Waals surface area contributed by atoms with Gasteiger partial charge in [0.1, 0.15) is 5.75 Å². The molecule has 2 aromatic carbocycles. The maximum Gasteiger partial charge on any atom is 0.202 e. The highest BCUT2D eigenvalue weighted by Gasteiger charge is 2.14. The Bertz CT molecular complexity index is 855. The first kappa shape index (κ1) is 14.9. The van der Waals surface area contributed by atoms with Crippen molar-refractivity contribution in [3.63, 3.8) is 0 Å². The number of ketones is 1. The Hall–Kier alpha value is -1.97. The number of carbonyl (C=O) groups is 1. The van der Waals surface area contributed by atoms with E-state index in [1.807, 2.05) is 42.1 Å². The van der Waals surface area contributed by atoms with Gasteiger partial charge in [0, 0.05) is 35.8 Å². The standard InChI is InChI=1S/C17H13Cl2NO2/c1-20-9-13(12-4-2-3-5-16(12)20)17(21)10-22-11-6-7-14(18)15(19)8-11/h2-9H,10H2,1H3. The molecule has 3 aromatic rings. The molecule has 0 bridgehead atoms. The van der Waals surface area contributed by atoms with Crippen molar-refractivity contribution in [2.75, 3.05) is 6.61 Å². The minimum absolute atomic E-state index is 0.0496. The summed E-state index contributed by atoms with van der Waals surface area (Å²) in [6, 6.07) is 12.7. The first-order valence-corrected chi connectivity index (χ1v) is 7.47. The summed E-state index contributed by atoms with van der Waals surface area (Å²) in [5.74, 6) is 0.436. The van der Waals surface area contributed by atoms with Gasteiger partial charge in [0.05, 0.1) is 10.0 Å². The van der Waals surface area contributed by atoms with E-state index in [4.69, 9.17) is 27.9 Å². The zero-order chi connectivity index (χ0) is 15.7. The molecule has 0 aliphatic carbocycles. The van der Waals surface area contributed by atoms with E-state index in [0.717, 1.165) is 10.9 Å². The first-order chi connectivity index (χ1) is 10.6. The Kier molecular flexibility index (Phi) is 4.10. The van der Waals surface area contributed by atoms with E-state index >= 15 is 0 Å². The molecule has 0 fully saturated rings. The number of Topliss-reactive ketones (excluding diaryl/α,β-unsaturated/α-hetero) is 1. The maximum absolute atomic E-state index is 12.4. The Balaban J connectivity index is 1.80. The van der Waals surface area contributed by atoms with Crippen molar-refractivity contribution < 1.29 is 9.53 Å². The van der Waals surface area contributed by atoms with Crippen molar-refractivity contribution in [3.8, 4) is 5.75 Å². The number of fused-ring (bicyclic) bond motifs is 1. The Morgan fingerprint density at radius 3 is 2.68 bits per heavy atom. The van der Waals surface area contributed by atoms with Gasteiger partial charge in [-0.1, -0.05) is 41.4 Å². The van der Waals surface area contributed by atoms with E-state index in [9.17, 15) is 4.79 Å². The molecule has 0 aliphatic rings. The van der Waals surface area contributed by atoms with Crippen LogP contribution in [0.3, 0.4) is 0 Å². The van der Waals surface area contributed by atoms with E-state index in [-0.39, 0.29) is 12.4 Å². The van der Waals surface area contributed by atoms with Gasteiger partial charge >= 0.3 is 0 Å². The molecule has 3 rings (SSSR count). The van der Waals surface area contributed by atoms with Gasteiger partial charge in [-0.05, 0) is 18.2 Å². The second-order valence-electron chi connectivity index (χ2n) is 4.96. The number of hydrogen-bond acceptors (Lipinski definition) is 2. The molecular formula is C17H13Cl2NO2. The van der Waals surface area contributed by atoms with Crippen molar-refractivity contribution in [3.05, 3.63) is 64.3 Å². The summed E-state index contributed by atoms with van der Waals surface area (Å²) in [5.41, 5.74) is 1.67. The van der Waals surface area contributed by atoms with Crippen LogP contribution in [0.5, 0.6) is 5.75 Å². The number of para-hydroxylation sites is 1. The van der Waals surface area contributed by atoms with Gasteiger partial charge in [-0.15, -0.1) is 0 Å². The predicted octanol–water partition coefficient (Wildman–Crippen LogP) is 4.75. The van der Waals surface area contributed by atoms with Gasteiger partial charge in [-0.3, -0.25) is 4.79 Å². The van der Waals surface area contributed by atoms with Crippen LogP contribution in [-0.4, -0.2) is 17.0 Å². The third-order valence-corrected chi connectivity index (χ3v) is 4.20. The molecule has 3 nitrogen and oxygen atoms in total. The normalized spacial score (nSPS) is 10.9. The quantitative estimate of drug-likeness (QED) is 0.645. The number of rotatable bonds is 4. The van der Waals surface area contributed by atoms with Gasteiger partial charge in [0.25, 0.3) is 0 Å². The first-order valence-electron chi connectivity index (χ1n) is 6.71. The molecule has 0 amide bonds. The largest absolute Gasteiger partial charge is 0.485 e. The van der Waals surface area contributed by atoms with Crippen LogP contribution in [0.25, 0.3) is 10.9 Å². The van der Waals surface area contributed by atoms with E-state index in [1.165, 1.54) is 0 Å². The van der Waals surface area contributed by atoms with Gasteiger partial charge < -0.3 is 9.30 Å². The minimum atomic E-state index is -0.0807. The van der Waals surface area contributed by atoms with Crippen molar-refractivity contribution in [2.24, 2.45) is 7.05 Å². The van der Waals surface area contributed by atoms with Crippen molar-refractivity contribution >= 4 is 39.9 Å². The van der Waals surface area contributed by atoms with Crippen molar-refractivity contribution in [2.45, 2.75) is 0 Å². The molecule has 5 heteroatoms. The van der Waals surface area contributed by atoms with Crippen LogP contribution >= 0.6 is 23.2 Å². The van der Waals surface area contributed by atoms with Gasteiger partial charge in [-0.25, -0.2) is 0 Å². The molecule has 1 aromatic heterocycles. The lowest BCUT2D eigenvalue weighted by Gasteiger charge is -2.06. The molecule has 0 saturated heterocycles. The highest BCUT2D eigenvalue weighted by Crippen LogP contribution is 2.27. The smallest absolute Gasteiger partial charge is 0.202 e. The Labute approximate surface area is 138 Å². The minimum Gasteiger partial charge on any atom is -0.485 e. The lowest BCUT2D eigenvalue weighted by molar-refractivity contribution is 0.0923. The average molecular weight is 334 g/mol. The number of nitrogens with zero attached hydrogens (tertiary/aromatic N) is 1. The van der Waals surface area contributed by atoms with Crippen LogP contribution in [-0.2, 0) is 7.05 Å². The van der Waals surface area contributed by atoms with Gasteiger partial charge in [0.2, 0.25) is 5.78 Å². The summed E-state index contributed by atoms with van der Waals surface area (Å²) in [5, 5.41) is 1.78. The van der Waals surface area contributed by atoms with Crippen LogP contribution in [0.15, 0.2) is 48.7 Å². The zero-order valence-electron chi connectivity index (χ0n) is 11.8. The SMILES string of the molecule is Cn1cc(C(=O)COc2ccc(Cl)c(Cl)c2)c2ccccc21. The summed E-state index contributed by atoms with van der Waals surface area (Å²) in [6.45, 7) is -0.0496. The zero-order valence-corrected chi connectivity index (χ0v) is 13.4. The van der Waals surface area contributed by atoms with Crippen LogP contribution < -0.4 is 4.74 Å². The highest BCUT2D eigenvalue weighted by molar-refractivity contribution is 6.42. The number of carbonyl (C=O) groups excluding carboxylic acids is 1. The number of halogens is 2. The summed E-state index contributed by atoms with van der Waals surface area (Å²) in [4.78, 5) is 12.4. The molecule has 0 spiro atoms.